The molecular weight excluding hydrogens is 238 g/mol. The summed E-state index contributed by atoms with van der Waals surface area (Å²) in [6.07, 6.45) is 1.23. The van der Waals surface area contributed by atoms with Gasteiger partial charge in [-0.15, -0.1) is 11.3 Å². The van der Waals surface area contributed by atoms with Gasteiger partial charge in [-0.1, -0.05) is 20.8 Å². The van der Waals surface area contributed by atoms with Gasteiger partial charge in [0.15, 0.2) is 5.76 Å². The Morgan fingerprint density at radius 1 is 1.47 bits per heavy atom. The second-order valence-corrected chi connectivity index (χ2v) is 5.65. The summed E-state index contributed by atoms with van der Waals surface area (Å²) in [5.74, 6) is -0.500. The van der Waals surface area contributed by atoms with E-state index in [1.807, 2.05) is 5.38 Å². The van der Waals surface area contributed by atoms with Gasteiger partial charge in [-0.3, -0.25) is 0 Å². The van der Waals surface area contributed by atoms with Gasteiger partial charge in [-0.2, -0.15) is 0 Å². The van der Waals surface area contributed by atoms with Crippen molar-refractivity contribution in [3.63, 3.8) is 0 Å². The Labute approximate surface area is 103 Å². The van der Waals surface area contributed by atoms with E-state index in [1.165, 1.54) is 12.3 Å². The first kappa shape index (κ1) is 11.9. The van der Waals surface area contributed by atoms with Gasteiger partial charge in [0, 0.05) is 16.9 Å². The van der Waals surface area contributed by atoms with E-state index in [0.29, 0.717) is 11.5 Å². The highest BCUT2D eigenvalue weighted by atomic mass is 32.1. The highest BCUT2D eigenvalue weighted by molar-refractivity contribution is 7.10. The molecule has 0 saturated heterocycles. The quantitative estimate of drug-likeness (QED) is 0.888. The predicted octanol–water partition coefficient (Wildman–Crippen LogP) is 3.40. The number of furan rings is 1. The van der Waals surface area contributed by atoms with Gasteiger partial charge in [0.25, 0.3) is 0 Å². The number of carboxylic acids is 1. The summed E-state index contributed by atoms with van der Waals surface area (Å²) in [5.41, 5.74) is 0.822. The lowest BCUT2D eigenvalue weighted by molar-refractivity contribution is 0.0696. The number of rotatable bonds is 2. The highest BCUT2D eigenvalue weighted by Crippen LogP contribution is 2.30. The van der Waals surface area contributed by atoms with Crippen LogP contribution in [0.4, 0.5) is 0 Å². The molecule has 5 heteroatoms. The third-order valence-corrected chi connectivity index (χ3v) is 3.51. The molecule has 2 rings (SSSR count). The first-order valence-electron chi connectivity index (χ1n) is 5.16. The van der Waals surface area contributed by atoms with E-state index in [0.717, 1.165) is 5.01 Å². The van der Waals surface area contributed by atoms with Crippen molar-refractivity contribution >= 4 is 17.3 Å². The van der Waals surface area contributed by atoms with Crippen LogP contribution in [0.15, 0.2) is 22.1 Å². The van der Waals surface area contributed by atoms with E-state index in [9.17, 15) is 4.79 Å². The zero-order chi connectivity index (χ0) is 12.6. The highest BCUT2D eigenvalue weighted by Gasteiger charge is 2.20. The van der Waals surface area contributed by atoms with Gasteiger partial charge in [0.05, 0.1) is 10.6 Å². The molecule has 17 heavy (non-hydrogen) atoms. The second-order valence-electron chi connectivity index (χ2n) is 4.79. The Morgan fingerprint density at radius 3 is 2.65 bits per heavy atom. The summed E-state index contributed by atoms with van der Waals surface area (Å²) >= 11 is 1.55. The molecule has 0 radical (unpaired) electrons. The molecule has 4 nitrogen and oxygen atoms in total. The van der Waals surface area contributed by atoms with Crippen molar-refractivity contribution < 1.29 is 14.3 Å². The van der Waals surface area contributed by atoms with Crippen molar-refractivity contribution in [2.75, 3.05) is 0 Å². The van der Waals surface area contributed by atoms with Crippen molar-refractivity contribution in [3.8, 4) is 11.5 Å². The average molecular weight is 251 g/mol. The van der Waals surface area contributed by atoms with Crippen LogP contribution in [0.3, 0.4) is 0 Å². The Morgan fingerprint density at radius 2 is 2.18 bits per heavy atom. The van der Waals surface area contributed by atoms with Gasteiger partial charge < -0.3 is 9.52 Å². The smallest absolute Gasteiger partial charge is 0.338 e. The first-order chi connectivity index (χ1) is 7.88. The zero-order valence-corrected chi connectivity index (χ0v) is 10.7. The summed E-state index contributed by atoms with van der Waals surface area (Å²) < 4.78 is 5.20. The predicted molar refractivity (Wildman–Crippen MR) is 65.5 cm³/mol. The number of aromatic carboxylic acids is 1. The average Bonchev–Trinajstić information content (AvgIpc) is 2.85. The molecule has 2 heterocycles. The monoisotopic (exact) mass is 251 g/mol. The van der Waals surface area contributed by atoms with Gasteiger partial charge in [0.2, 0.25) is 0 Å². The molecule has 0 fully saturated rings. The van der Waals surface area contributed by atoms with E-state index in [2.05, 4.69) is 25.8 Å². The van der Waals surface area contributed by atoms with Gasteiger partial charge in [0.1, 0.15) is 12.0 Å². The molecule has 0 aromatic carbocycles. The van der Waals surface area contributed by atoms with Crippen LogP contribution in [0.5, 0.6) is 0 Å². The molecule has 0 unspecified atom stereocenters. The van der Waals surface area contributed by atoms with Crippen molar-refractivity contribution in [1.29, 1.82) is 0 Å². The standard InChI is InChI=1S/C12H13NO3S/c1-12(2,3)11-13-8(6-17-11)9-4-7(5-16-9)10(14)15/h4-6H,1-3H3,(H,14,15). The summed E-state index contributed by atoms with van der Waals surface area (Å²) in [4.78, 5) is 15.2. The molecule has 0 aliphatic rings. The lowest BCUT2D eigenvalue weighted by Crippen LogP contribution is -2.10. The molecule has 2 aromatic rings. The van der Waals surface area contributed by atoms with Gasteiger partial charge >= 0.3 is 5.97 Å². The normalized spacial score (nSPS) is 11.7. The Hall–Kier alpha value is -1.62. The van der Waals surface area contributed by atoms with Gasteiger partial charge in [-0.05, 0) is 0 Å². The lowest BCUT2D eigenvalue weighted by Gasteiger charge is -2.13. The lowest BCUT2D eigenvalue weighted by atomic mass is 9.98. The number of aromatic nitrogens is 1. The fraction of sp³-hybridized carbons (Fsp3) is 0.333. The second kappa shape index (κ2) is 4.00. The maximum absolute atomic E-state index is 10.7. The number of hydrogen-bond donors (Lipinski definition) is 1. The van der Waals surface area contributed by atoms with Crippen molar-refractivity contribution in [2.45, 2.75) is 26.2 Å². The van der Waals surface area contributed by atoms with E-state index >= 15 is 0 Å². The van der Waals surface area contributed by atoms with Crippen molar-refractivity contribution in [3.05, 3.63) is 28.3 Å². The van der Waals surface area contributed by atoms with Gasteiger partial charge in [-0.25, -0.2) is 9.78 Å². The number of carbonyl (C=O) groups is 1. The maximum Gasteiger partial charge on any atom is 0.338 e. The molecular formula is C12H13NO3S. The van der Waals surface area contributed by atoms with E-state index < -0.39 is 5.97 Å². The first-order valence-corrected chi connectivity index (χ1v) is 6.04. The fourth-order valence-corrected chi connectivity index (χ4v) is 2.21. The number of nitrogens with zero attached hydrogens (tertiary/aromatic N) is 1. The number of hydrogen-bond acceptors (Lipinski definition) is 4. The molecule has 0 amide bonds. The van der Waals surface area contributed by atoms with Crippen LogP contribution in [0.25, 0.3) is 11.5 Å². The Bertz CT molecular complexity index is 548. The Kier molecular flexibility index (Phi) is 2.79. The minimum Gasteiger partial charge on any atom is -0.478 e. The number of carboxylic acid groups (broad SMARTS) is 1. The van der Waals surface area contributed by atoms with Crippen molar-refractivity contribution in [2.24, 2.45) is 0 Å². The Balaban J connectivity index is 2.34. The van der Waals surface area contributed by atoms with Crippen LogP contribution >= 0.6 is 11.3 Å². The molecule has 0 bridgehead atoms. The summed E-state index contributed by atoms with van der Waals surface area (Å²) in [5, 5.41) is 11.7. The molecule has 0 atom stereocenters. The molecule has 2 aromatic heterocycles. The molecule has 1 N–H and O–H groups in total. The largest absolute Gasteiger partial charge is 0.478 e. The van der Waals surface area contributed by atoms with E-state index in [1.54, 1.807) is 11.3 Å². The third kappa shape index (κ3) is 2.39. The minimum atomic E-state index is -0.994. The zero-order valence-electron chi connectivity index (χ0n) is 9.85. The SMILES string of the molecule is CC(C)(C)c1nc(-c2cc(C(=O)O)co2)cs1. The fourth-order valence-electron chi connectivity index (χ4n) is 1.31. The molecule has 0 aliphatic heterocycles. The van der Waals surface area contributed by atoms with E-state index in [4.69, 9.17) is 9.52 Å². The maximum atomic E-state index is 10.7. The molecule has 0 spiro atoms. The van der Waals surface area contributed by atoms with Crippen LogP contribution in [-0.2, 0) is 5.41 Å². The van der Waals surface area contributed by atoms with Crippen LogP contribution in [-0.4, -0.2) is 16.1 Å². The van der Waals surface area contributed by atoms with Crippen LogP contribution in [0.1, 0.15) is 36.1 Å². The molecule has 90 valence electrons. The summed E-state index contributed by atoms with van der Waals surface area (Å²) in [7, 11) is 0. The van der Waals surface area contributed by atoms with Crippen molar-refractivity contribution in [1.82, 2.24) is 4.98 Å². The van der Waals surface area contributed by atoms with E-state index in [-0.39, 0.29) is 11.0 Å². The molecule has 0 saturated carbocycles. The third-order valence-electron chi connectivity index (χ3n) is 2.24. The van der Waals surface area contributed by atoms with Crippen LogP contribution in [0.2, 0.25) is 0 Å². The number of thiazole rings is 1. The van der Waals surface area contributed by atoms with Crippen LogP contribution < -0.4 is 0 Å². The summed E-state index contributed by atoms with van der Waals surface area (Å²) in [6, 6.07) is 1.49. The summed E-state index contributed by atoms with van der Waals surface area (Å²) in [6.45, 7) is 6.25. The molecule has 0 aliphatic carbocycles. The topological polar surface area (TPSA) is 63.3 Å². The minimum absolute atomic E-state index is 0.00879. The van der Waals surface area contributed by atoms with Crippen LogP contribution in [0, 0.1) is 0 Å².